The van der Waals surface area contributed by atoms with E-state index in [0.717, 1.165) is 37.2 Å². The number of carbonyl (C=O) groups is 1. The summed E-state index contributed by atoms with van der Waals surface area (Å²) in [5.74, 6) is 1.56. The first-order chi connectivity index (χ1) is 7.35. The van der Waals surface area contributed by atoms with Gasteiger partial charge >= 0.3 is 0 Å². The number of methoxy groups -OCH3 is 1. The first-order valence-corrected chi connectivity index (χ1v) is 6.13. The molecule has 0 atom stereocenters. The number of hydrogen-bond donors (Lipinski definition) is 0. The van der Waals surface area contributed by atoms with Gasteiger partial charge in [0.25, 0.3) is 0 Å². The van der Waals surface area contributed by atoms with Crippen molar-refractivity contribution in [3.8, 4) is 0 Å². The molecule has 0 rings (SSSR count). The van der Waals surface area contributed by atoms with Crippen LogP contribution in [-0.4, -0.2) is 19.3 Å². The van der Waals surface area contributed by atoms with Crippen LogP contribution < -0.4 is 0 Å². The van der Waals surface area contributed by atoms with Gasteiger partial charge in [0.15, 0.2) is 0 Å². The molecule has 0 saturated carbocycles. The lowest BCUT2D eigenvalue weighted by Crippen LogP contribution is -1.89. The monoisotopic (exact) mass is 232 g/mol. The first kappa shape index (κ1) is 14.5. The molecule has 0 unspecified atom stereocenters. The normalized spacial score (nSPS) is 11.5. The number of ether oxygens (including phenoxy) is 1. The van der Waals surface area contributed by atoms with Crippen LogP contribution in [0, 0.1) is 0 Å². The molecule has 2 nitrogen and oxygen atoms in total. The number of aldehydes is 1. The number of alkyl halides is 1. The van der Waals surface area contributed by atoms with Crippen molar-refractivity contribution in [1.82, 2.24) is 0 Å². The SMILES string of the molecule is COC(=CC=O)CCCCCCCCCl. The summed E-state index contributed by atoms with van der Waals surface area (Å²) in [7, 11) is 1.61. The molecule has 0 aromatic carbocycles. The average molecular weight is 233 g/mol. The molecule has 88 valence electrons. The summed E-state index contributed by atoms with van der Waals surface area (Å²) in [5.41, 5.74) is 0. The molecular formula is C12H21ClO2. The largest absolute Gasteiger partial charge is 0.501 e. The van der Waals surface area contributed by atoms with Crippen LogP contribution in [0.4, 0.5) is 0 Å². The highest BCUT2D eigenvalue weighted by Gasteiger charge is 1.96. The second-order valence-electron chi connectivity index (χ2n) is 3.53. The average Bonchev–Trinajstić information content (AvgIpc) is 2.26. The highest BCUT2D eigenvalue weighted by molar-refractivity contribution is 6.17. The van der Waals surface area contributed by atoms with Gasteiger partial charge in [0.1, 0.15) is 6.29 Å². The predicted octanol–water partition coefficient (Wildman–Crippen LogP) is 3.69. The van der Waals surface area contributed by atoms with Crippen molar-refractivity contribution in [2.45, 2.75) is 44.9 Å². The number of rotatable bonds is 10. The molecule has 0 aliphatic rings. The van der Waals surface area contributed by atoms with Gasteiger partial charge in [-0.25, -0.2) is 0 Å². The van der Waals surface area contributed by atoms with Crippen molar-refractivity contribution in [2.24, 2.45) is 0 Å². The summed E-state index contributed by atoms with van der Waals surface area (Å²) in [6, 6.07) is 0. The number of hydrogen-bond acceptors (Lipinski definition) is 2. The Hall–Kier alpha value is -0.500. The molecule has 0 amide bonds. The number of unbranched alkanes of at least 4 members (excludes halogenated alkanes) is 5. The molecule has 0 fully saturated rings. The van der Waals surface area contributed by atoms with Crippen LogP contribution in [-0.2, 0) is 9.53 Å². The molecule has 0 spiro atoms. The Balaban J connectivity index is 3.29. The van der Waals surface area contributed by atoms with Crippen LogP contribution in [0.5, 0.6) is 0 Å². The van der Waals surface area contributed by atoms with Gasteiger partial charge in [0.05, 0.1) is 12.9 Å². The van der Waals surface area contributed by atoms with Crippen LogP contribution in [0.15, 0.2) is 11.8 Å². The van der Waals surface area contributed by atoms with Gasteiger partial charge in [0.2, 0.25) is 0 Å². The molecule has 0 aliphatic heterocycles. The topological polar surface area (TPSA) is 26.3 Å². The van der Waals surface area contributed by atoms with Gasteiger partial charge in [-0.15, -0.1) is 11.6 Å². The Morgan fingerprint density at radius 2 is 1.73 bits per heavy atom. The Morgan fingerprint density at radius 3 is 2.27 bits per heavy atom. The zero-order valence-electron chi connectivity index (χ0n) is 9.51. The molecule has 3 heteroatoms. The van der Waals surface area contributed by atoms with Crippen molar-refractivity contribution in [3.63, 3.8) is 0 Å². The maximum Gasteiger partial charge on any atom is 0.146 e. The van der Waals surface area contributed by atoms with Crippen molar-refractivity contribution in [3.05, 3.63) is 11.8 Å². The third-order valence-electron chi connectivity index (χ3n) is 2.32. The molecule has 0 saturated heterocycles. The lowest BCUT2D eigenvalue weighted by atomic mass is 10.1. The van der Waals surface area contributed by atoms with E-state index in [0.29, 0.717) is 0 Å². The molecule has 0 aromatic rings. The maximum atomic E-state index is 10.2. The fraction of sp³-hybridized carbons (Fsp3) is 0.750. The van der Waals surface area contributed by atoms with Gasteiger partial charge in [-0.3, -0.25) is 4.79 Å². The quantitative estimate of drug-likeness (QED) is 0.189. The third-order valence-corrected chi connectivity index (χ3v) is 2.59. The number of allylic oxidation sites excluding steroid dienone is 2. The maximum absolute atomic E-state index is 10.2. The minimum atomic E-state index is 0.774. The van der Waals surface area contributed by atoms with Crippen molar-refractivity contribution < 1.29 is 9.53 Å². The zero-order chi connectivity index (χ0) is 11.4. The van der Waals surface area contributed by atoms with E-state index in [2.05, 4.69) is 0 Å². The van der Waals surface area contributed by atoms with E-state index in [4.69, 9.17) is 16.3 Å². The van der Waals surface area contributed by atoms with E-state index in [1.165, 1.54) is 31.8 Å². The Morgan fingerprint density at radius 1 is 1.13 bits per heavy atom. The fourth-order valence-corrected chi connectivity index (χ4v) is 1.62. The molecule has 0 bridgehead atoms. The second kappa shape index (κ2) is 11.6. The Bertz CT molecular complexity index is 178. The number of carbonyl (C=O) groups excluding carboxylic acids is 1. The molecule has 0 aliphatic carbocycles. The number of halogens is 1. The van der Waals surface area contributed by atoms with Gasteiger partial charge in [0, 0.05) is 18.4 Å². The molecule has 0 radical (unpaired) electrons. The lowest BCUT2D eigenvalue weighted by molar-refractivity contribution is -0.104. The van der Waals surface area contributed by atoms with Gasteiger partial charge in [-0.05, 0) is 12.8 Å². The van der Waals surface area contributed by atoms with Crippen LogP contribution in [0.25, 0.3) is 0 Å². The van der Waals surface area contributed by atoms with Gasteiger partial charge < -0.3 is 4.74 Å². The highest BCUT2D eigenvalue weighted by atomic mass is 35.5. The third kappa shape index (κ3) is 9.80. The predicted molar refractivity (Wildman–Crippen MR) is 64.2 cm³/mol. The Labute approximate surface area is 97.6 Å². The first-order valence-electron chi connectivity index (χ1n) is 5.59. The van der Waals surface area contributed by atoms with E-state index < -0.39 is 0 Å². The highest BCUT2D eigenvalue weighted by Crippen LogP contribution is 2.11. The second-order valence-corrected chi connectivity index (χ2v) is 3.91. The summed E-state index contributed by atoms with van der Waals surface area (Å²) in [6.45, 7) is 0. The molecule has 0 N–H and O–H groups in total. The van der Waals surface area contributed by atoms with E-state index in [9.17, 15) is 4.79 Å². The molecular weight excluding hydrogens is 212 g/mol. The Kier molecular flexibility index (Phi) is 11.2. The summed E-state index contributed by atoms with van der Waals surface area (Å²) in [6.07, 6.45) is 10.3. The summed E-state index contributed by atoms with van der Waals surface area (Å²) in [5, 5.41) is 0. The molecule has 0 aromatic heterocycles. The van der Waals surface area contributed by atoms with E-state index in [1.54, 1.807) is 7.11 Å². The van der Waals surface area contributed by atoms with E-state index in [-0.39, 0.29) is 0 Å². The van der Waals surface area contributed by atoms with Crippen LogP contribution in [0.2, 0.25) is 0 Å². The van der Waals surface area contributed by atoms with Crippen molar-refractivity contribution in [1.29, 1.82) is 0 Å². The summed E-state index contributed by atoms with van der Waals surface area (Å²) in [4.78, 5) is 10.2. The summed E-state index contributed by atoms with van der Waals surface area (Å²) >= 11 is 5.58. The lowest BCUT2D eigenvalue weighted by Gasteiger charge is -2.04. The van der Waals surface area contributed by atoms with Crippen LogP contribution >= 0.6 is 11.6 Å². The van der Waals surface area contributed by atoms with Gasteiger partial charge in [-0.1, -0.05) is 25.7 Å². The van der Waals surface area contributed by atoms with E-state index in [1.807, 2.05) is 0 Å². The fourth-order valence-electron chi connectivity index (χ4n) is 1.43. The smallest absolute Gasteiger partial charge is 0.146 e. The van der Waals surface area contributed by atoms with E-state index >= 15 is 0 Å². The van der Waals surface area contributed by atoms with Gasteiger partial charge in [-0.2, -0.15) is 0 Å². The standard InChI is InChI=1S/C12H21ClO2/c1-15-12(9-11-14)8-6-4-2-3-5-7-10-13/h9,11H,2-8,10H2,1H3. The molecule has 15 heavy (non-hydrogen) atoms. The van der Waals surface area contributed by atoms with Crippen molar-refractivity contribution >= 4 is 17.9 Å². The summed E-state index contributed by atoms with van der Waals surface area (Å²) < 4.78 is 5.05. The van der Waals surface area contributed by atoms with Crippen molar-refractivity contribution in [2.75, 3.05) is 13.0 Å². The minimum absolute atomic E-state index is 0.774. The van der Waals surface area contributed by atoms with Crippen LogP contribution in [0.1, 0.15) is 44.9 Å². The minimum Gasteiger partial charge on any atom is -0.501 e. The van der Waals surface area contributed by atoms with Crippen LogP contribution in [0.3, 0.4) is 0 Å². The molecule has 0 heterocycles. The zero-order valence-corrected chi connectivity index (χ0v) is 10.3.